The van der Waals surface area contributed by atoms with Gasteiger partial charge in [0.2, 0.25) is 5.89 Å². The summed E-state index contributed by atoms with van der Waals surface area (Å²) in [4.78, 5) is 4.47. The molecule has 2 N–H and O–H groups in total. The van der Waals surface area contributed by atoms with E-state index in [9.17, 15) is 0 Å². The highest BCUT2D eigenvalue weighted by atomic mass is 79.9. The molecule has 0 aliphatic rings. The van der Waals surface area contributed by atoms with Crippen LogP contribution in [0.3, 0.4) is 0 Å². The normalized spacial score (nSPS) is 11.0. The van der Waals surface area contributed by atoms with Crippen molar-refractivity contribution in [2.24, 2.45) is 0 Å². The van der Waals surface area contributed by atoms with Crippen LogP contribution in [0.5, 0.6) is 0 Å². The molecule has 0 radical (unpaired) electrons. The number of hydrogen-bond donors (Lipinski definition) is 1. The third-order valence-corrected chi connectivity index (χ3v) is 3.28. The Morgan fingerprint density at radius 2 is 2.00 bits per heavy atom. The summed E-state index contributed by atoms with van der Waals surface area (Å²) in [5.41, 5.74) is 10.2. The smallest absolute Gasteiger partial charge is 0.229 e. The van der Waals surface area contributed by atoms with Crippen LogP contribution in [-0.2, 0) is 0 Å². The van der Waals surface area contributed by atoms with Gasteiger partial charge in [-0.3, -0.25) is 0 Å². The van der Waals surface area contributed by atoms with Crippen molar-refractivity contribution < 1.29 is 4.42 Å². The number of aromatic nitrogens is 1. The first-order chi connectivity index (χ1) is 8.63. The minimum Gasteiger partial charge on any atom is -0.436 e. The second-order valence-corrected chi connectivity index (χ2v) is 5.14. The molecule has 0 amide bonds. The molecule has 0 spiro atoms. The quantitative estimate of drug-likeness (QED) is 0.687. The highest BCUT2D eigenvalue weighted by Crippen LogP contribution is 2.30. The van der Waals surface area contributed by atoms with Crippen LogP contribution < -0.4 is 5.73 Å². The second kappa shape index (κ2) is 4.14. The van der Waals surface area contributed by atoms with Crippen LogP contribution in [0, 0.1) is 6.92 Å². The van der Waals surface area contributed by atoms with Crippen LogP contribution in [0.15, 0.2) is 45.3 Å². The lowest BCUT2D eigenvalue weighted by molar-refractivity contribution is 0.620. The Hall–Kier alpha value is -1.81. The largest absolute Gasteiger partial charge is 0.436 e. The first kappa shape index (κ1) is 11.3. The van der Waals surface area contributed by atoms with E-state index < -0.39 is 0 Å². The van der Waals surface area contributed by atoms with Gasteiger partial charge in [0.25, 0.3) is 0 Å². The summed E-state index contributed by atoms with van der Waals surface area (Å²) in [6, 6.07) is 11.6. The van der Waals surface area contributed by atoms with Crippen LogP contribution in [0.4, 0.5) is 5.69 Å². The van der Waals surface area contributed by atoms with Crippen LogP contribution in [-0.4, -0.2) is 4.98 Å². The first-order valence-electron chi connectivity index (χ1n) is 5.56. The van der Waals surface area contributed by atoms with E-state index in [4.69, 9.17) is 10.2 Å². The number of oxazole rings is 1. The third-order valence-electron chi connectivity index (χ3n) is 2.79. The Kier molecular flexibility index (Phi) is 2.59. The van der Waals surface area contributed by atoms with Crippen LogP contribution in [0.25, 0.3) is 22.6 Å². The van der Waals surface area contributed by atoms with Crippen molar-refractivity contribution in [1.82, 2.24) is 4.98 Å². The SMILES string of the molecule is Cc1ccc2oc(-c3ccc(Br)cc3N)nc2c1. The van der Waals surface area contributed by atoms with E-state index >= 15 is 0 Å². The molecule has 2 aromatic carbocycles. The van der Waals surface area contributed by atoms with Crippen LogP contribution in [0.1, 0.15) is 5.56 Å². The van der Waals surface area contributed by atoms with Gasteiger partial charge in [-0.1, -0.05) is 22.0 Å². The molecule has 3 rings (SSSR count). The fourth-order valence-corrected chi connectivity index (χ4v) is 2.26. The molecule has 0 bridgehead atoms. The molecule has 0 aliphatic heterocycles. The van der Waals surface area contributed by atoms with Crippen molar-refractivity contribution >= 4 is 32.7 Å². The number of benzene rings is 2. The van der Waals surface area contributed by atoms with Crippen LogP contribution in [0.2, 0.25) is 0 Å². The Labute approximate surface area is 113 Å². The summed E-state index contributed by atoms with van der Waals surface area (Å²) in [6.07, 6.45) is 0. The van der Waals surface area contributed by atoms with E-state index in [1.807, 2.05) is 43.3 Å². The zero-order valence-electron chi connectivity index (χ0n) is 9.77. The molecule has 0 saturated heterocycles. The lowest BCUT2D eigenvalue weighted by Gasteiger charge is -2.00. The number of aryl methyl sites for hydroxylation is 1. The topological polar surface area (TPSA) is 52.0 Å². The summed E-state index contributed by atoms with van der Waals surface area (Å²) >= 11 is 3.38. The minimum atomic E-state index is 0.556. The number of nitrogens with zero attached hydrogens (tertiary/aromatic N) is 1. The van der Waals surface area contributed by atoms with E-state index in [-0.39, 0.29) is 0 Å². The average Bonchev–Trinajstić information content (AvgIpc) is 2.71. The van der Waals surface area contributed by atoms with Crippen molar-refractivity contribution in [3.63, 3.8) is 0 Å². The summed E-state index contributed by atoms with van der Waals surface area (Å²) in [5, 5.41) is 0. The van der Waals surface area contributed by atoms with E-state index in [1.54, 1.807) is 0 Å². The van der Waals surface area contributed by atoms with Gasteiger partial charge in [-0.15, -0.1) is 0 Å². The number of nitrogens with two attached hydrogens (primary N) is 1. The van der Waals surface area contributed by atoms with Crippen LogP contribution >= 0.6 is 15.9 Å². The predicted molar refractivity (Wildman–Crippen MR) is 76.3 cm³/mol. The number of nitrogen functional groups attached to an aromatic ring is 1. The standard InChI is InChI=1S/C14H11BrN2O/c1-8-2-5-13-12(6-8)17-14(18-13)10-4-3-9(15)7-11(10)16/h2-7H,16H2,1H3. The maximum Gasteiger partial charge on any atom is 0.229 e. The molecular formula is C14H11BrN2O. The summed E-state index contributed by atoms with van der Waals surface area (Å²) < 4.78 is 6.66. The highest BCUT2D eigenvalue weighted by molar-refractivity contribution is 9.10. The van der Waals surface area contributed by atoms with Crippen molar-refractivity contribution in [1.29, 1.82) is 0 Å². The maximum atomic E-state index is 5.98. The van der Waals surface area contributed by atoms with E-state index in [0.29, 0.717) is 11.6 Å². The molecule has 0 unspecified atom stereocenters. The Balaban J connectivity index is 2.19. The van der Waals surface area contributed by atoms with E-state index in [1.165, 1.54) is 0 Å². The first-order valence-corrected chi connectivity index (χ1v) is 6.35. The van der Waals surface area contributed by atoms with Crippen molar-refractivity contribution in [3.05, 3.63) is 46.4 Å². The molecule has 90 valence electrons. The zero-order valence-corrected chi connectivity index (χ0v) is 11.4. The van der Waals surface area contributed by atoms with Gasteiger partial charge < -0.3 is 10.2 Å². The molecule has 0 saturated carbocycles. The molecule has 0 atom stereocenters. The maximum absolute atomic E-state index is 5.98. The van der Waals surface area contributed by atoms with Gasteiger partial charge in [0.15, 0.2) is 5.58 Å². The van der Waals surface area contributed by atoms with Crippen molar-refractivity contribution in [3.8, 4) is 11.5 Å². The number of anilines is 1. The molecule has 1 aromatic heterocycles. The van der Waals surface area contributed by atoms with Gasteiger partial charge in [0.05, 0.1) is 5.56 Å². The van der Waals surface area contributed by atoms with Gasteiger partial charge >= 0.3 is 0 Å². The Bertz CT molecular complexity index is 734. The number of hydrogen-bond acceptors (Lipinski definition) is 3. The average molecular weight is 303 g/mol. The van der Waals surface area contributed by atoms with Crippen molar-refractivity contribution in [2.75, 3.05) is 5.73 Å². The summed E-state index contributed by atoms with van der Waals surface area (Å²) in [7, 11) is 0. The fraction of sp³-hybridized carbons (Fsp3) is 0.0714. The molecule has 0 fully saturated rings. The lowest BCUT2D eigenvalue weighted by atomic mass is 10.2. The molecular weight excluding hydrogens is 292 g/mol. The molecule has 1 heterocycles. The summed E-state index contributed by atoms with van der Waals surface area (Å²) in [5.74, 6) is 0.556. The molecule has 18 heavy (non-hydrogen) atoms. The monoisotopic (exact) mass is 302 g/mol. The molecule has 0 aliphatic carbocycles. The Morgan fingerprint density at radius 1 is 1.17 bits per heavy atom. The van der Waals surface area contributed by atoms with Gasteiger partial charge in [-0.05, 0) is 42.8 Å². The van der Waals surface area contributed by atoms with Gasteiger partial charge in [-0.2, -0.15) is 0 Å². The molecule has 3 aromatic rings. The van der Waals surface area contributed by atoms with Gasteiger partial charge in [0, 0.05) is 10.2 Å². The fourth-order valence-electron chi connectivity index (χ4n) is 1.88. The van der Waals surface area contributed by atoms with Gasteiger partial charge in [-0.25, -0.2) is 4.98 Å². The number of halogens is 1. The zero-order chi connectivity index (χ0) is 12.7. The van der Waals surface area contributed by atoms with Gasteiger partial charge in [0.1, 0.15) is 5.52 Å². The van der Waals surface area contributed by atoms with Crippen molar-refractivity contribution in [2.45, 2.75) is 6.92 Å². The molecule has 3 nitrogen and oxygen atoms in total. The highest BCUT2D eigenvalue weighted by Gasteiger charge is 2.11. The number of rotatable bonds is 1. The summed E-state index contributed by atoms with van der Waals surface area (Å²) in [6.45, 7) is 2.03. The van der Waals surface area contributed by atoms with E-state index in [2.05, 4.69) is 20.9 Å². The Morgan fingerprint density at radius 3 is 2.78 bits per heavy atom. The van der Waals surface area contributed by atoms with E-state index in [0.717, 1.165) is 26.7 Å². The molecule has 4 heteroatoms. The third kappa shape index (κ3) is 1.88. The minimum absolute atomic E-state index is 0.556. The predicted octanol–water partition coefficient (Wildman–Crippen LogP) is 4.15. The second-order valence-electron chi connectivity index (χ2n) is 4.22. The number of fused-ring (bicyclic) bond motifs is 1. The lowest BCUT2D eigenvalue weighted by Crippen LogP contribution is -1.89.